The number of halogens is 2. The van der Waals surface area contributed by atoms with Crippen molar-refractivity contribution in [2.24, 2.45) is 0 Å². The summed E-state index contributed by atoms with van der Waals surface area (Å²) in [5.41, 5.74) is 0.899. The van der Waals surface area contributed by atoms with Crippen molar-refractivity contribution in [3.8, 4) is 0 Å². The number of carbonyl (C=O) groups excluding carboxylic acids is 1. The third-order valence-electron chi connectivity index (χ3n) is 2.91. The number of hydrogen-bond acceptors (Lipinski definition) is 2. The largest absolute Gasteiger partial charge is 0.345 e. The summed E-state index contributed by atoms with van der Waals surface area (Å²) in [6, 6.07) is 5.47. The average molecular weight is 289 g/mol. The van der Waals surface area contributed by atoms with Gasteiger partial charge >= 0.3 is 0 Å². The summed E-state index contributed by atoms with van der Waals surface area (Å²) < 4.78 is 0. The van der Waals surface area contributed by atoms with E-state index < -0.39 is 0 Å². The third kappa shape index (κ3) is 3.87. The van der Waals surface area contributed by atoms with Crippen molar-refractivity contribution in [2.75, 3.05) is 20.1 Å². The van der Waals surface area contributed by atoms with Crippen molar-refractivity contribution in [3.05, 3.63) is 33.8 Å². The molecular formula is C13H18Cl2N2O. The van der Waals surface area contributed by atoms with Crippen molar-refractivity contribution in [1.82, 2.24) is 10.2 Å². The molecule has 5 heteroatoms. The van der Waals surface area contributed by atoms with Crippen LogP contribution in [0.3, 0.4) is 0 Å². The molecule has 1 rings (SSSR count). The molecule has 1 aromatic carbocycles. The van der Waals surface area contributed by atoms with Gasteiger partial charge in [-0.2, -0.15) is 0 Å². The van der Waals surface area contributed by atoms with Gasteiger partial charge in [0.1, 0.15) is 0 Å². The van der Waals surface area contributed by atoms with Crippen LogP contribution in [-0.2, 0) is 4.79 Å². The van der Waals surface area contributed by atoms with Crippen molar-refractivity contribution in [2.45, 2.75) is 19.9 Å². The monoisotopic (exact) mass is 288 g/mol. The minimum absolute atomic E-state index is 0.0228. The molecule has 1 atom stereocenters. The Bertz CT molecular complexity index is 423. The van der Waals surface area contributed by atoms with E-state index in [0.717, 1.165) is 5.56 Å². The van der Waals surface area contributed by atoms with E-state index in [1.165, 1.54) is 0 Å². The standard InChI is InChI=1S/C13H18Cl2N2O/c1-4-17(3)12(18)8-16-9(2)10-6-5-7-11(14)13(10)15/h5-7,9,16H,4,8H2,1-3H3. The van der Waals surface area contributed by atoms with Crippen LogP contribution in [0.2, 0.25) is 10.0 Å². The number of nitrogens with zero attached hydrogens (tertiary/aromatic N) is 1. The Balaban J connectivity index is 2.63. The minimum atomic E-state index is -0.0228. The SMILES string of the molecule is CCN(C)C(=O)CNC(C)c1cccc(Cl)c1Cl. The second-order valence-electron chi connectivity index (χ2n) is 4.15. The lowest BCUT2D eigenvalue weighted by Gasteiger charge is -2.19. The zero-order chi connectivity index (χ0) is 13.7. The highest BCUT2D eigenvalue weighted by molar-refractivity contribution is 6.42. The summed E-state index contributed by atoms with van der Waals surface area (Å²) in [6.07, 6.45) is 0. The molecule has 0 bridgehead atoms. The molecule has 0 aliphatic carbocycles. The Morgan fingerprint density at radius 1 is 1.44 bits per heavy atom. The van der Waals surface area contributed by atoms with Gasteiger partial charge in [-0.15, -0.1) is 0 Å². The maximum atomic E-state index is 11.7. The molecule has 0 saturated carbocycles. The average Bonchev–Trinajstić information content (AvgIpc) is 2.37. The number of nitrogens with one attached hydrogen (secondary N) is 1. The van der Waals surface area contributed by atoms with Crippen LogP contribution in [0.15, 0.2) is 18.2 Å². The number of hydrogen-bond donors (Lipinski definition) is 1. The molecule has 1 unspecified atom stereocenters. The van der Waals surface area contributed by atoms with Gasteiger partial charge < -0.3 is 10.2 Å². The van der Waals surface area contributed by atoms with Crippen LogP contribution < -0.4 is 5.32 Å². The van der Waals surface area contributed by atoms with Crippen molar-refractivity contribution >= 4 is 29.1 Å². The number of carbonyl (C=O) groups is 1. The molecule has 1 aromatic rings. The van der Waals surface area contributed by atoms with Crippen molar-refractivity contribution in [1.29, 1.82) is 0 Å². The van der Waals surface area contributed by atoms with Crippen molar-refractivity contribution in [3.63, 3.8) is 0 Å². The van der Waals surface area contributed by atoms with Crippen LogP contribution in [0, 0.1) is 0 Å². The Labute approximate surface area is 118 Å². The second kappa shape index (κ2) is 6.98. The maximum Gasteiger partial charge on any atom is 0.236 e. The molecule has 0 heterocycles. The molecule has 1 N–H and O–H groups in total. The highest BCUT2D eigenvalue weighted by atomic mass is 35.5. The molecule has 0 aliphatic heterocycles. The van der Waals surface area contributed by atoms with Gasteiger partial charge in [0.2, 0.25) is 5.91 Å². The summed E-state index contributed by atoms with van der Waals surface area (Å²) in [5, 5.41) is 4.21. The van der Waals surface area contributed by atoms with E-state index >= 15 is 0 Å². The quantitative estimate of drug-likeness (QED) is 0.903. The van der Waals surface area contributed by atoms with E-state index in [1.54, 1.807) is 18.0 Å². The van der Waals surface area contributed by atoms with Crippen LogP contribution >= 0.6 is 23.2 Å². The molecule has 0 spiro atoms. The van der Waals surface area contributed by atoms with E-state index in [9.17, 15) is 4.79 Å². The molecule has 0 radical (unpaired) electrons. The highest BCUT2D eigenvalue weighted by Gasteiger charge is 2.13. The number of likely N-dealkylation sites (N-methyl/N-ethyl adjacent to an activating group) is 1. The molecule has 1 amide bonds. The van der Waals surface area contributed by atoms with E-state index in [0.29, 0.717) is 16.6 Å². The van der Waals surface area contributed by atoms with Crippen LogP contribution in [0.1, 0.15) is 25.5 Å². The Hall–Kier alpha value is -0.770. The summed E-state index contributed by atoms with van der Waals surface area (Å²) in [4.78, 5) is 13.3. The van der Waals surface area contributed by atoms with Gasteiger partial charge in [-0.25, -0.2) is 0 Å². The van der Waals surface area contributed by atoms with Gasteiger partial charge in [-0.05, 0) is 25.5 Å². The summed E-state index contributed by atoms with van der Waals surface area (Å²) in [6.45, 7) is 4.88. The summed E-state index contributed by atoms with van der Waals surface area (Å²) >= 11 is 12.1. The normalized spacial score (nSPS) is 12.3. The number of rotatable bonds is 5. The summed E-state index contributed by atoms with van der Waals surface area (Å²) in [5.74, 6) is 0.0579. The Morgan fingerprint density at radius 3 is 2.72 bits per heavy atom. The fraction of sp³-hybridized carbons (Fsp3) is 0.462. The molecule has 0 fully saturated rings. The first kappa shape index (κ1) is 15.3. The van der Waals surface area contributed by atoms with Crippen LogP contribution in [0.4, 0.5) is 0 Å². The topological polar surface area (TPSA) is 32.3 Å². The summed E-state index contributed by atoms with van der Waals surface area (Å²) in [7, 11) is 1.78. The van der Waals surface area contributed by atoms with Gasteiger partial charge in [0.25, 0.3) is 0 Å². The maximum absolute atomic E-state index is 11.7. The molecular weight excluding hydrogens is 271 g/mol. The van der Waals surface area contributed by atoms with Crippen LogP contribution in [-0.4, -0.2) is 30.9 Å². The second-order valence-corrected chi connectivity index (χ2v) is 4.94. The molecule has 0 aliphatic rings. The van der Waals surface area contributed by atoms with E-state index in [1.807, 2.05) is 26.0 Å². The fourth-order valence-electron chi connectivity index (χ4n) is 1.52. The van der Waals surface area contributed by atoms with Gasteiger partial charge in [0.05, 0.1) is 16.6 Å². The first-order valence-electron chi connectivity index (χ1n) is 5.88. The zero-order valence-corrected chi connectivity index (χ0v) is 12.3. The van der Waals surface area contributed by atoms with Crippen LogP contribution in [0.25, 0.3) is 0 Å². The highest BCUT2D eigenvalue weighted by Crippen LogP contribution is 2.29. The van der Waals surface area contributed by atoms with Crippen LogP contribution in [0.5, 0.6) is 0 Å². The van der Waals surface area contributed by atoms with Gasteiger partial charge in [0, 0.05) is 19.6 Å². The van der Waals surface area contributed by atoms with Crippen molar-refractivity contribution < 1.29 is 4.79 Å². The van der Waals surface area contributed by atoms with Gasteiger partial charge in [-0.3, -0.25) is 4.79 Å². The number of benzene rings is 1. The lowest BCUT2D eigenvalue weighted by Crippen LogP contribution is -2.36. The lowest BCUT2D eigenvalue weighted by molar-refractivity contribution is -0.128. The molecule has 0 aromatic heterocycles. The first-order chi connectivity index (χ1) is 8.47. The Kier molecular flexibility index (Phi) is 5.93. The molecule has 18 heavy (non-hydrogen) atoms. The first-order valence-corrected chi connectivity index (χ1v) is 6.64. The molecule has 3 nitrogen and oxygen atoms in total. The van der Waals surface area contributed by atoms with Gasteiger partial charge in [0.15, 0.2) is 0 Å². The lowest BCUT2D eigenvalue weighted by atomic mass is 10.1. The molecule has 100 valence electrons. The third-order valence-corrected chi connectivity index (χ3v) is 3.74. The van der Waals surface area contributed by atoms with E-state index in [4.69, 9.17) is 23.2 Å². The smallest absolute Gasteiger partial charge is 0.236 e. The van der Waals surface area contributed by atoms with E-state index in [-0.39, 0.29) is 18.5 Å². The zero-order valence-electron chi connectivity index (χ0n) is 10.8. The molecule has 0 saturated heterocycles. The predicted molar refractivity (Wildman–Crippen MR) is 76.2 cm³/mol. The fourth-order valence-corrected chi connectivity index (χ4v) is 1.99. The predicted octanol–water partition coefficient (Wildman–Crippen LogP) is 3.12. The minimum Gasteiger partial charge on any atom is -0.345 e. The number of amides is 1. The van der Waals surface area contributed by atoms with E-state index in [2.05, 4.69) is 5.32 Å². The Morgan fingerprint density at radius 2 is 2.11 bits per heavy atom. The van der Waals surface area contributed by atoms with Gasteiger partial charge in [-0.1, -0.05) is 35.3 Å².